The van der Waals surface area contributed by atoms with Crippen molar-refractivity contribution >= 4 is 16.9 Å². The van der Waals surface area contributed by atoms with E-state index >= 15 is 0 Å². The standard InChI is InChI=1S/C19H26N6O2/c1-15(18-22-20-14-25(18)12-13-27-3)21-19(26)23(2)10-11-24-9-8-16-6-4-5-7-17(16)24/h4-9,14-15H,10-13H2,1-3H3,(H,21,26)/t15-/m1/s1. The Morgan fingerprint density at radius 3 is 2.89 bits per heavy atom. The summed E-state index contributed by atoms with van der Waals surface area (Å²) in [5, 5.41) is 12.2. The summed E-state index contributed by atoms with van der Waals surface area (Å²) in [6.07, 6.45) is 3.70. The Hall–Kier alpha value is -2.87. The Morgan fingerprint density at radius 1 is 1.26 bits per heavy atom. The average molecular weight is 370 g/mol. The van der Waals surface area contributed by atoms with Crippen LogP contribution < -0.4 is 5.32 Å². The van der Waals surface area contributed by atoms with Crippen LogP contribution in [0.4, 0.5) is 4.79 Å². The molecule has 0 aliphatic carbocycles. The van der Waals surface area contributed by atoms with E-state index in [0.29, 0.717) is 25.5 Å². The Balaban J connectivity index is 1.55. The number of fused-ring (bicyclic) bond motifs is 1. The van der Waals surface area contributed by atoms with E-state index < -0.39 is 0 Å². The summed E-state index contributed by atoms with van der Waals surface area (Å²) in [5.41, 5.74) is 1.17. The molecule has 27 heavy (non-hydrogen) atoms. The summed E-state index contributed by atoms with van der Waals surface area (Å²) in [5.74, 6) is 0.713. The minimum atomic E-state index is -0.244. The first-order valence-electron chi connectivity index (χ1n) is 9.02. The van der Waals surface area contributed by atoms with Crippen molar-refractivity contribution in [1.82, 2.24) is 29.5 Å². The summed E-state index contributed by atoms with van der Waals surface area (Å²) >= 11 is 0. The second kappa shape index (κ2) is 8.68. The van der Waals surface area contributed by atoms with Crippen molar-refractivity contribution in [2.24, 2.45) is 0 Å². The number of urea groups is 1. The highest BCUT2D eigenvalue weighted by Gasteiger charge is 2.18. The van der Waals surface area contributed by atoms with E-state index in [1.54, 1.807) is 25.4 Å². The van der Waals surface area contributed by atoms with Gasteiger partial charge in [-0.05, 0) is 24.4 Å². The van der Waals surface area contributed by atoms with Crippen LogP contribution in [-0.2, 0) is 17.8 Å². The highest BCUT2D eigenvalue weighted by molar-refractivity contribution is 5.80. The Kier molecular flexibility index (Phi) is 6.08. The fourth-order valence-electron chi connectivity index (χ4n) is 3.02. The molecule has 144 valence electrons. The number of hydrogen-bond acceptors (Lipinski definition) is 4. The van der Waals surface area contributed by atoms with E-state index in [0.717, 1.165) is 6.54 Å². The molecule has 1 N–H and O–H groups in total. The second-order valence-electron chi connectivity index (χ2n) is 6.54. The third-order valence-electron chi connectivity index (χ3n) is 4.61. The molecule has 8 heteroatoms. The molecule has 2 heterocycles. The lowest BCUT2D eigenvalue weighted by Crippen LogP contribution is -2.40. The molecule has 0 fully saturated rings. The van der Waals surface area contributed by atoms with E-state index in [4.69, 9.17) is 4.74 Å². The molecule has 1 atom stereocenters. The first kappa shape index (κ1) is 18.9. The number of nitrogens with zero attached hydrogens (tertiary/aromatic N) is 5. The van der Waals surface area contributed by atoms with Gasteiger partial charge < -0.3 is 24.1 Å². The highest BCUT2D eigenvalue weighted by Crippen LogP contribution is 2.15. The predicted molar refractivity (Wildman–Crippen MR) is 103 cm³/mol. The number of hydrogen-bond donors (Lipinski definition) is 1. The molecule has 8 nitrogen and oxygen atoms in total. The van der Waals surface area contributed by atoms with Gasteiger partial charge in [-0.2, -0.15) is 0 Å². The van der Waals surface area contributed by atoms with Gasteiger partial charge in [0.1, 0.15) is 6.33 Å². The number of para-hydroxylation sites is 1. The summed E-state index contributed by atoms with van der Waals surface area (Å²) in [4.78, 5) is 14.2. The fraction of sp³-hybridized carbons (Fsp3) is 0.421. The summed E-state index contributed by atoms with van der Waals surface area (Å²) in [7, 11) is 3.45. The van der Waals surface area contributed by atoms with Crippen LogP contribution in [0.2, 0.25) is 0 Å². The lowest BCUT2D eigenvalue weighted by atomic mass is 10.2. The van der Waals surface area contributed by atoms with Gasteiger partial charge in [0.25, 0.3) is 0 Å². The number of benzene rings is 1. The maximum Gasteiger partial charge on any atom is 0.317 e. The van der Waals surface area contributed by atoms with Gasteiger partial charge in [-0.3, -0.25) is 0 Å². The Morgan fingerprint density at radius 2 is 2.07 bits per heavy atom. The molecule has 0 radical (unpaired) electrons. The molecule has 3 rings (SSSR count). The molecule has 2 aromatic heterocycles. The van der Waals surface area contributed by atoms with Crippen molar-refractivity contribution in [3.8, 4) is 0 Å². The number of carbonyl (C=O) groups is 1. The maximum atomic E-state index is 12.5. The number of amides is 2. The van der Waals surface area contributed by atoms with Gasteiger partial charge in [-0.15, -0.1) is 10.2 Å². The van der Waals surface area contributed by atoms with Crippen LogP contribution >= 0.6 is 0 Å². The van der Waals surface area contributed by atoms with E-state index in [1.807, 2.05) is 23.6 Å². The van der Waals surface area contributed by atoms with Crippen molar-refractivity contribution < 1.29 is 9.53 Å². The van der Waals surface area contributed by atoms with E-state index in [9.17, 15) is 4.79 Å². The number of methoxy groups -OCH3 is 1. The highest BCUT2D eigenvalue weighted by atomic mass is 16.5. The second-order valence-corrected chi connectivity index (χ2v) is 6.54. The van der Waals surface area contributed by atoms with Crippen molar-refractivity contribution in [3.05, 3.63) is 48.7 Å². The molecule has 0 saturated heterocycles. The minimum absolute atomic E-state index is 0.139. The van der Waals surface area contributed by atoms with E-state index in [1.165, 1.54) is 10.9 Å². The van der Waals surface area contributed by atoms with E-state index in [-0.39, 0.29) is 12.1 Å². The Bertz CT molecular complexity index is 887. The van der Waals surface area contributed by atoms with Crippen LogP contribution in [0.25, 0.3) is 10.9 Å². The molecule has 0 bridgehead atoms. The molecule has 0 aliphatic rings. The number of rotatable bonds is 8. The topological polar surface area (TPSA) is 77.2 Å². The molecular formula is C19H26N6O2. The molecule has 0 unspecified atom stereocenters. The molecule has 0 saturated carbocycles. The fourth-order valence-corrected chi connectivity index (χ4v) is 3.02. The third kappa shape index (κ3) is 4.46. The predicted octanol–water partition coefficient (Wildman–Crippen LogP) is 2.28. The minimum Gasteiger partial charge on any atom is -0.383 e. The van der Waals surface area contributed by atoms with Gasteiger partial charge in [0.15, 0.2) is 5.82 Å². The molecule has 2 amide bonds. The van der Waals surface area contributed by atoms with Gasteiger partial charge in [-0.25, -0.2) is 4.79 Å². The maximum absolute atomic E-state index is 12.5. The zero-order chi connectivity index (χ0) is 19.2. The van der Waals surface area contributed by atoms with Crippen LogP contribution in [0.1, 0.15) is 18.8 Å². The normalized spacial score (nSPS) is 12.3. The molecule has 3 aromatic rings. The third-order valence-corrected chi connectivity index (χ3v) is 4.61. The monoisotopic (exact) mass is 370 g/mol. The number of ether oxygens (including phenoxy) is 1. The summed E-state index contributed by atoms with van der Waals surface area (Å²) < 4.78 is 9.14. The summed E-state index contributed by atoms with van der Waals surface area (Å²) in [6, 6.07) is 9.93. The van der Waals surface area contributed by atoms with Crippen LogP contribution in [0.5, 0.6) is 0 Å². The molecule has 1 aromatic carbocycles. The lowest BCUT2D eigenvalue weighted by molar-refractivity contribution is 0.185. The first-order chi connectivity index (χ1) is 13.1. The van der Waals surface area contributed by atoms with Crippen LogP contribution in [0.15, 0.2) is 42.9 Å². The van der Waals surface area contributed by atoms with Gasteiger partial charge >= 0.3 is 6.03 Å². The van der Waals surface area contributed by atoms with E-state index in [2.05, 4.69) is 44.5 Å². The van der Waals surface area contributed by atoms with Crippen molar-refractivity contribution in [1.29, 1.82) is 0 Å². The lowest BCUT2D eigenvalue weighted by Gasteiger charge is -2.21. The average Bonchev–Trinajstić information content (AvgIpc) is 3.31. The zero-order valence-corrected chi connectivity index (χ0v) is 16.0. The van der Waals surface area contributed by atoms with Gasteiger partial charge in [0.2, 0.25) is 0 Å². The molecule has 0 aliphatic heterocycles. The quantitative estimate of drug-likeness (QED) is 0.660. The van der Waals surface area contributed by atoms with Gasteiger partial charge in [0.05, 0.1) is 12.6 Å². The largest absolute Gasteiger partial charge is 0.383 e. The molecule has 0 spiro atoms. The van der Waals surface area contributed by atoms with Crippen LogP contribution in [-0.4, -0.2) is 57.6 Å². The first-order valence-corrected chi connectivity index (χ1v) is 9.02. The van der Waals surface area contributed by atoms with Crippen molar-refractivity contribution in [2.75, 3.05) is 27.3 Å². The number of aromatic nitrogens is 4. The van der Waals surface area contributed by atoms with Gasteiger partial charge in [-0.1, -0.05) is 18.2 Å². The van der Waals surface area contributed by atoms with Crippen molar-refractivity contribution in [3.63, 3.8) is 0 Å². The Labute approximate surface area is 158 Å². The summed E-state index contributed by atoms with van der Waals surface area (Å²) in [6.45, 7) is 4.45. The van der Waals surface area contributed by atoms with Gasteiger partial charge in [0, 0.05) is 45.5 Å². The number of nitrogens with one attached hydrogen (secondary N) is 1. The van der Waals surface area contributed by atoms with Crippen molar-refractivity contribution in [2.45, 2.75) is 26.1 Å². The zero-order valence-electron chi connectivity index (χ0n) is 16.0. The smallest absolute Gasteiger partial charge is 0.317 e. The number of likely N-dealkylation sites (N-methyl/N-ethyl adjacent to an activating group) is 1. The van der Waals surface area contributed by atoms with Crippen LogP contribution in [0, 0.1) is 0 Å². The van der Waals surface area contributed by atoms with Crippen LogP contribution in [0.3, 0.4) is 0 Å². The molecular weight excluding hydrogens is 344 g/mol. The number of carbonyl (C=O) groups excluding carboxylic acids is 1. The SMILES string of the molecule is COCCn1cnnc1[C@@H](C)NC(=O)N(C)CCn1ccc2ccccc21.